The largest absolute Gasteiger partial charge is 0.508 e. The van der Waals surface area contributed by atoms with E-state index in [9.17, 15) is 19.8 Å². The highest BCUT2D eigenvalue weighted by atomic mass is 16.3. The van der Waals surface area contributed by atoms with Crippen molar-refractivity contribution in [2.45, 2.75) is 13.1 Å². The van der Waals surface area contributed by atoms with Gasteiger partial charge in [-0.3, -0.25) is 14.7 Å². The first kappa shape index (κ1) is 29.7. The molecule has 2 heterocycles. The standard InChI is InChI=1S/C34H26N10O4/c45-25-15-11-23(12-16-25)33(47)37-35-27-29-30(40-43(39-29)19-21-7-3-1-4-8-21)28(36-38-34(48)24-13-17-26(46)18-14-24)32-31(27)41-44(42-32)20-22-9-5-2-6-10-22/h1-18,39,45-46H,19-20H2,(H,38,48)/b36-28+,37-35?. The highest BCUT2D eigenvalue weighted by Gasteiger charge is 2.26. The molecular formula is C34H26N10O4. The van der Waals surface area contributed by atoms with Crippen molar-refractivity contribution in [2.75, 3.05) is 0 Å². The number of amides is 2. The second-order valence-corrected chi connectivity index (χ2v) is 10.7. The highest BCUT2D eigenvalue weighted by molar-refractivity contribution is 5.98. The van der Waals surface area contributed by atoms with E-state index < -0.39 is 11.8 Å². The van der Waals surface area contributed by atoms with E-state index in [1.807, 2.05) is 60.7 Å². The van der Waals surface area contributed by atoms with Crippen molar-refractivity contribution >= 4 is 28.5 Å². The van der Waals surface area contributed by atoms with Crippen LogP contribution in [0.4, 0.5) is 5.69 Å². The van der Waals surface area contributed by atoms with Crippen LogP contribution in [-0.4, -0.2) is 52.0 Å². The molecule has 14 nitrogen and oxygen atoms in total. The number of fused-ring (bicyclic) bond motifs is 2. The number of hydrogen-bond donors (Lipinski definition) is 4. The van der Waals surface area contributed by atoms with Crippen LogP contribution in [0, 0.1) is 0 Å². The highest BCUT2D eigenvalue weighted by Crippen LogP contribution is 2.33. The van der Waals surface area contributed by atoms with E-state index in [2.05, 4.69) is 25.9 Å². The average Bonchev–Trinajstić information content (AvgIpc) is 3.71. The van der Waals surface area contributed by atoms with Gasteiger partial charge in [0.25, 0.3) is 11.8 Å². The van der Waals surface area contributed by atoms with Gasteiger partial charge in [0.2, 0.25) is 0 Å². The van der Waals surface area contributed by atoms with Crippen molar-refractivity contribution < 1.29 is 19.8 Å². The fourth-order valence-electron chi connectivity index (χ4n) is 5.00. The van der Waals surface area contributed by atoms with Gasteiger partial charge < -0.3 is 10.2 Å². The first-order valence-corrected chi connectivity index (χ1v) is 14.7. The van der Waals surface area contributed by atoms with Crippen LogP contribution in [0.5, 0.6) is 11.5 Å². The molecule has 1 aliphatic heterocycles. The second-order valence-electron chi connectivity index (χ2n) is 10.7. The fraction of sp³-hybridized carbons (Fsp3) is 0.0588. The molecule has 1 aromatic heterocycles. The molecule has 1 aliphatic carbocycles. The quantitative estimate of drug-likeness (QED) is 0.137. The van der Waals surface area contributed by atoms with Crippen LogP contribution in [0.2, 0.25) is 0 Å². The molecule has 2 aliphatic rings. The van der Waals surface area contributed by atoms with E-state index in [4.69, 9.17) is 15.3 Å². The Morgan fingerprint density at radius 2 is 1.29 bits per heavy atom. The van der Waals surface area contributed by atoms with Crippen LogP contribution in [0.1, 0.15) is 31.8 Å². The number of phenols is 2. The van der Waals surface area contributed by atoms with Gasteiger partial charge in [0.05, 0.1) is 13.1 Å². The van der Waals surface area contributed by atoms with Gasteiger partial charge in [-0.05, 0) is 59.7 Å². The first-order chi connectivity index (χ1) is 23.4. The maximum absolute atomic E-state index is 13.0. The maximum atomic E-state index is 13.0. The molecule has 0 spiro atoms. The van der Waals surface area contributed by atoms with E-state index in [1.165, 1.54) is 53.3 Å². The number of aromatic nitrogens is 6. The number of nitrogens with zero attached hydrogens (tertiary/aromatic N) is 8. The first-order valence-electron chi connectivity index (χ1n) is 14.7. The third-order valence-electron chi connectivity index (χ3n) is 7.36. The molecule has 0 unspecified atom stereocenters. The number of carbonyl (C=O) groups excluding carboxylic acids is 2. The van der Waals surface area contributed by atoms with Crippen LogP contribution >= 0.6 is 0 Å². The van der Waals surface area contributed by atoms with E-state index in [0.29, 0.717) is 24.5 Å². The smallest absolute Gasteiger partial charge is 0.295 e. The summed E-state index contributed by atoms with van der Waals surface area (Å²) in [6.45, 7) is 0.671. The zero-order valence-corrected chi connectivity index (χ0v) is 25.1. The minimum absolute atomic E-state index is 0.0132. The van der Waals surface area contributed by atoms with E-state index in [1.54, 1.807) is 4.80 Å². The molecule has 0 radical (unpaired) electrons. The van der Waals surface area contributed by atoms with Gasteiger partial charge in [0.15, 0.2) is 0 Å². The molecule has 5 aromatic rings. The number of azo groups is 1. The molecular weight excluding hydrogens is 612 g/mol. The number of hydrogen-bond acceptors (Lipinski definition) is 9. The van der Waals surface area contributed by atoms with E-state index in [-0.39, 0.29) is 44.7 Å². The van der Waals surface area contributed by atoms with Gasteiger partial charge in [-0.15, -0.1) is 10.2 Å². The van der Waals surface area contributed by atoms with Gasteiger partial charge in [-0.2, -0.15) is 25.2 Å². The fourth-order valence-corrected chi connectivity index (χ4v) is 5.00. The molecule has 0 bridgehead atoms. The Morgan fingerprint density at radius 1 is 0.708 bits per heavy atom. The van der Waals surface area contributed by atoms with Crippen LogP contribution in [0.3, 0.4) is 0 Å². The van der Waals surface area contributed by atoms with Gasteiger partial charge >= 0.3 is 0 Å². The summed E-state index contributed by atoms with van der Waals surface area (Å²) in [5, 5.41) is 49.7. The Labute approximate surface area is 271 Å². The lowest BCUT2D eigenvalue weighted by Gasteiger charge is -2.03. The number of phenolic OH excluding ortho intramolecular Hbond substituents is 2. The summed E-state index contributed by atoms with van der Waals surface area (Å²) in [4.78, 5) is 29.1. The number of rotatable bonds is 8. The number of aromatic amines is 1. The lowest BCUT2D eigenvalue weighted by molar-refractivity contribution is 0.0951. The van der Waals surface area contributed by atoms with Crippen LogP contribution in [0.25, 0.3) is 22.4 Å². The number of nitrogens with one attached hydrogen (secondary N) is 2. The Bertz CT molecular complexity index is 2270. The van der Waals surface area contributed by atoms with Gasteiger partial charge in [0.1, 0.15) is 45.0 Å². The summed E-state index contributed by atoms with van der Waals surface area (Å²) in [5.74, 6) is -1.13. The molecule has 2 amide bonds. The SMILES string of the molecule is O=C(N=Nc1c2[nH]n(Cc3ccccc3)nc-2/c(=N\NC(=O)c2ccc(O)cc2)c2nn(Cc3ccccc3)nc12)c1ccc(O)cc1. The predicted octanol–water partition coefficient (Wildman–Crippen LogP) is 4.74. The number of H-pyrrole nitrogens is 1. The van der Waals surface area contributed by atoms with Crippen molar-refractivity contribution in [3.8, 4) is 22.9 Å². The Balaban J connectivity index is 1.40. The summed E-state index contributed by atoms with van der Waals surface area (Å²) in [6, 6.07) is 30.7. The summed E-state index contributed by atoms with van der Waals surface area (Å²) < 4.78 is 0. The molecule has 0 saturated heterocycles. The van der Waals surface area contributed by atoms with Gasteiger partial charge in [-0.1, -0.05) is 60.7 Å². The molecule has 48 heavy (non-hydrogen) atoms. The number of aromatic hydroxyl groups is 2. The topological polar surface area (TPSA) is 188 Å². The van der Waals surface area contributed by atoms with E-state index in [0.717, 1.165) is 11.1 Å². The Kier molecular flexibility index (Phi) is 7.93. The van der Waals surface area contributed by atoms with Crippen LogP contribution < -0.4 is 10.8 Å². The van der Waals surface area contributed by atoms with Crippen LogP contribution in [0.15, 0.2) is 125 Å². The third-order valence-corrected chi connectivity index (χ3v) is 7.36. The number of carbonyl (C=O) groups is 2. The van der Waals surface area contributed by atoms with Crippen molar-refractivity contribution in [3.05, 3.63) is 137 Å². The molecule has 0 saturated carbocycles. The summed E-state index contributed by atoms with van der Waals surface area (Å²) in [7, 11) is 0. The van der Waals surface area contributed by atoms with E-state index >= 15 is 0 Å². The zero-order valence-electron chi connectivity index (χ0n) is 25.1. The second kappa shape index (κ2) is 12.8. The summed E-state index contributed by atoms with van der Waals surface area (Å²) >= 11 is 0. The Morgan fingerprint density at radius 3 is 1.94 bits per heavy atom. The van der Waals surface area contributed by atoms with Crippen molar-refractivity contribution in [1.29, 1.82) is 0 Å². The van der Waals surface area contributed by atoms with Gasteiger partial charge in [0, 0.05) is 11.1 Å². The Hall–Kier alpha value is -6.96. The zero-order chi connectivity index (χ0) is 33.0. The van der Waals surface area contributed by atoms with Crippen LogP contribution in [-0.2, 0) is 13.1 Å². The third kappa shape index (κ3) is 6.25. The summed E-state index contributed by atoms with van der Waals surface area (Å²) in [6.07, 6.45) is 0. The number of benzene rings is 5. The monoisotopic (exact) mass is 638 g/mol. The molecule has 0 fully saturated rings. The predicted molar refractivity (Wildman–Crippen MR) is 173 cm³/mol. The minimum atomic E-state index is -0.639. The minimum Gasteiger partial charge on any atom is -0.508 e. The van der Waals surface area contributed by atoms with Gasteiger partial charge in [-0.25, -0.2) is 10.2 Å². The summed E-state index contributed by atoms with van der Waals surface area (Å²) in [5.41, 5.74) is 6.32. The maximum Gasteiger partial charge on any atom is 0.295 e. The molecule has 4 N–H and O–H groups in total. The molecule has 14 heteroatoms. The molecule has 236 valence electrons. The lowest BCUT2D eigenvalue weighted by atomic mass is 10.1. The molecule has 4 aromatic carbocycles. The molecule has 0 atom stereocenters. The van der Waals surface area contributed by atoms with Crippen molar-refractivity contribution in [1.82, 2.24) is 35.4 Å². The average molecular weight is 639 g/mol. The normalized spacial score (nSPS) is 11.9. The molecule has 7 rings (SSSR count). The van der Waals surface area contributed by atoms with Crippen molar-refractivity contribution in [3.63, 3.8) is 0 Å². The van der Waals surface area contributed by atoms with Crippen molar-refractivity contribution in [2.24, 2.45) is 15.3 Å². The lowest BCUT2D eigenvalue weighted by Crippen LogP contribution is -2.23.